The van der Waals surface area contributed by atoms with Crippen LogP contribution in [0.3, 0.4) is 0 Å². The number of hydrogen-bond donors (Lipinski definition) is 2. The number of aliphatic hydroxyl groups excluding tert-OH is 1. The Bertz CT molecular complexity index is 244. The molecule has 0 saturated carbocycles. The molecule has 0 aliphatic heterocycles. The predicted molar refractivity (Wildman–Crippen MR) is 55.8 cm³/mol. The molecule has 3 N–H and O–H groups in total. The normalized spacial score (nSPS) is 15.4. The van der Waals surface area contributed by atoms with Crippen LogP contribution in [0.15, 0.2) is 18.7 Å². The summed E-state index contributed by atoms with van der Waals surface area (Å²) in [6.07, 6.45) is 8.51. The van der Waals surface area contributed by atoms with E-state index in [9.17, 15) is 0 Å². The van der Waals surface area contributed by atoms with Crippen molar-refractivity contribution in [2.24, 2.45) is 5.73 Å². The lowest BCUT2D eigenvalue weighted by atomic mass is 9.97. The first-order valence-electron chi connectivity index (χ1n) is 4.99. The van der Waals surface area contributed by atoms with E-state index in [1.165, 1.54) is 0 Å². The molecule has 1 atom stereocenters. The number of aryl methyl sites for hydroxylation is 1. The van der Waals surface area contributed by atoms with E-state index in [1.807, 2.05) is 24.0 Å². The van der Waals surface area contributed by atoms with Crippen LogP contribution in [0.1, 0.15) is 26.2 Å². The fourth-order valence-corrected chi connectivity index (χ4v) is 1.32. The molecule has 0 spiro atoms. The number of aliphatic hydroxyl groups is 1. The van der Waals surface area contributed by atoms with Crippen LogP contribution in [0, 0.1) is 0 Å². The van der Waals surface area contributed by atoms with Gasteiger partial charge in [0.25, 0.3) is 0 Å². The minimum absolute atomic E-state index is 0.0536. The smallest absolute Gasteiger partial charge is 0.0945 e. The van der Waals surface area contributed by atoms with E-state index >= 15 is 0 Å². The van der Waals surface area contributed by atoms with Crippen LogP contribution in [0.5, 0.6) is 0 Å². The van der Waals surface area contributed by atoms with Crippen molar-refractivity contribution in [2.45, 2.75) is 38.3 Å². The number of unbranched alkanes of at least 4 members (excludes halogenated alkanes) is 1. The second kappa shape index (κ2) is 5.12. The quantitative estimate of drug-likeness (QED) is 0.662. The Hall–Kier alpha value is -0.870. The van der Waals surface area contributed by atoms with E-state index in [2.05, 4.69) is 4.98 Å². The number of hydrogen-bond acceptors (Lipinski definition) is 3. The van der Waals surface area contributed by atoms with Gasteiger partial charge in [-0.15, -0.1) is 0 Å². The Kier molecular flexibility index (Phi) is 4.10. The van der Waals surface area contributed by atoms with Crippen LogP contribution in [-0.2, 0) is 6.54 Å². The van der Waals surface area contributed by atoms with Crippen molar-refractivity contribution < 1.29 is 5.11 Å². The van der Waals surface area contributed by atoms with Crippen molar-refractivity contribution in [3.8, 4) is 0 Å². The lowest BCUT2D eigenvalue weighted by Crippen LogP contribution is -2.39. The van der Waals surface area contributed by atoms with E-state index in [1.54, 1.807) is 6.20 Å². The van der Waals surface area contributed by atoms with Crippen LogP contribution >= 0.6 is 0 Å². The van der Waals surface area contributed by atoms with Crippen LogP contribution in [-0.4, -0.2) is 26.8 Å². The van der Waals surface area contributed by atoms with Crippen molar-refractivity contribution >= 4 is 0 Å². The van der Waals surface area contributed by atoms with E-state index in [0.717, 1.165) is 25.8 Å². The zero-order valence-electron chi connectivity index (χ0n) is 8.69. The number of nitrogens with zero attached hydrogens (tertiary/aromatic N) is 2. The Labute approximate surface area is 84.8 Å². The third-order valence-electron chi connectivity index (χ3n) is 2.33. The molecule has 1 rings (SSSR count). The topological polar surface area (TPSA) is 64.1 Å². The first-order valence-corrected chi connectivity index (χ1v) is 4.99. The number of nitrogens with two attached hydrogens (primary N) is 1. The highest BCUT2D eigenvalue weighted by molar-refractivity contribution is 4.77. The van der Waals surface area contributed by atoms with Gasteiger partial charge in [-0.3, -0.25) is 0 Å². The summed E-state index contributed by atoms with van der Waals surface area (Å²) in [5.41, 5.74) is 5.38. The Balaban J connectivity index is 2.11. The Morgan fingerprint density at radius 3 is 2.86 bits per heavy atom. The third-order valence-corrected chi connectivity index (χ3v) is 2.33. The van der Waals surface area contributed by atoms with Gasteiger partial charge in [-0.05, 0) is 26.2 Å². The summed E-state index contributed by atoms with van der Waals surface area (Å²) in [6.45, 7) is 2.91. The van der Waals surface area contributed by atoms with Crippen LogP contribution < -0.4 is 5.73 Å². The molecule has 0 amide bonds. The highest BCUT2D eigenvalue weighted by atomic mass is 16.3. The summed E-state index contributed by atoms with van der Waals surface area (Å²) in [6, 6.07) is 0. The summed E-state index contributed by atoms with van der Waals surface area (Å²) in [5.74, 6) is 0. The molecule has 0 fully saturated rings. The van der Waals surface area contributed by atoms with Gasteiger partial charge in [-0.1, -0.05) is 0 Å². The van der Waals surface area contributed by atoms with Gasteiger partial charge in [0.2, 0.25) is 0 Å². The van der Waals surface area contributed by atoms with Crippen molar-refractivity contribution in [1.29, 1.82) is 0 Å². The molecule has 1 heterocycles. The maximum absolute atomic E-state index is 8.94. The van der Waals surface area contributed by atoms with Gasteiger partial charge in [0.15, 0.2) is 0 Å². The molecule has 0 aliphatic rings. The molecular formula is C10H19N3O. The summed E-state index contributed by atoms with van der Waals surface area (Å²) in [5, 5.41) is 8.94. The molecule has 4 nitrogen and oxygen atoms in total. The monoisotopic (exact) mass is 197 g/mol. The molecule has 0 bridgehead atoms. The average molecular weight is 197 g/mol. The number of imidazole rings is 1. The first-order chi connectivity index (χ1) is 6.64. The van der Waals surface area contributed by atoms with Gasteiger partial charge in [-0.25, -0.2) is 4.98 Å². The number of rotatable bonds is 6. The van der Waals surface area contributed by atoms with Gasteiger partial charge in [-0.2, -0.15) is 0 Å². The fourth-order valence-electron chi connectivity index (χ4n) is 1.32. The third kappa shape index (κ3) is 3.89. The summed E-state index contributed by atoms with van der Waals surface area (Å²) in [7, 11) is 0. The maximum atomic E-state index is 8.94. The summed E-state index contributed by atoms with van der Waals surface area (Å²) < 4.78 is 2.05. The zero-order chi connectivity index (χ0) is 10.4. The highest BCUT2D eigenvalue weighted by Gasteiger charge is 2.15. The summed E-state index contributed by atoms with van der Waals surface area (Å²) in [4.78, 5) is 3.96. The summed E-state index contributed by atoms with van der Waals surface area (Å²) >= 11 is 0. The lowest BCUT2D eigenvalue weighted by Gasteiger charge is -2.21. The molecular weight excluding hydrogens is 178 g/mol. The van der Waals surface area contributed by atoms with Crippen molar-refractivity contribution in [1.82, 2.24) is 9.55 Å². The van der Waals surface area contributed by atoms with Crippen molar-refractivity contribution in [2.75, 3.05) is 6.61 Å². The van der Waals surface area contributed by atoms with E-state index in [0.29, 0.717) is 0 Å². The molecule has 1 aromatic rings. The Morgan fingerprint density at radius 2 is 2.29 bits per heavy atom. The first kappa shape index (κ1) is 11.2. The maximum Gasteiger partial charge on any atom is 0.0945 e. The molecule has 0 radical (unpaired) electrons. The SMILES string of the molecule is CC(N)(CO)CCCCn1ccnc1. The lowest BCUT2D eigenvalue weighted by molar-refractivity contribution is 0.197. The van der Waals surface area contributed by atoms with Crippen LogP contribution in [0.4, 0.5) is 0 Å². The van der Waals surface area contributed by atoms with Crippen molar-refractivity contribution in [3.63, 3.8) is 0 Å². The molecule has 0 aromatic carbocycles. The van der Waals surface area contributed by atoms with Gasteiger partial charge in [0.1, 0.15) is 0 Å². The minimum Gasteiger partial charge on any atom is -0.394 e. The molecule has 1 unspecified atom stereocenters. The van der Waals surface area contributed by atoms with Crippen LogP contribution in [0.25, 0.3) is 0 Å². The second-order valence-corrected chi connectivity index (χ2v) is 4.07. The zero-order valence-corrected chi connectivity index (χ0v) is 8.69. The molecule has 0 saturated heterocycles. The fraction of sp³-hybridized carbons (Fsp3) is 0.700. The van der Waals surface area contributed by atoms with Gasteiger partial charge < -0.3 is 15.4 Å². The molecule has 0 aliphatic carbocycles. The largest absolute Gasteiger partial charge is 0.394 e. The molecule has 80 valence electrons. The van der Waals surface area contributed by atoms with Crippen LogP contribution in [0.2, 0.25) is 0 Å². The molecule has 4 heteroatoms. The van der Waals surface area contributed by atoms with Gasteiger partial charge in [0.05, 0.1) is 12.9 Å². The van der Waals surface area contributed by atoms with Gasteiger partial charge >= 0.3 is 0 Å². The highest BCUT2D eigenvalue weighted by Crippen LogP contribution is 2.10. The number of aromatic nitrogens is 2. The average Bonchev–Trinajstić information content (AvgIpc) is 2.65. The van der Waals surface area contributed by atoms with E-state index in [-0.39, 0.29) is 6.61 Å². The predicted octanol–water partition coefficient (Wildman–Crippen LogP) is 0.763. The molecule has 14 heavy (non-hydrogen) atoms. The molecule has 1 aromatic heterocycles. The minimum atomic E-state index is -0.422. The second-order valence-electron chi connectivity index (χ2n) is 4.07. The van der Waals surface area contributed by atoms with E-state index in [4.69, 9.17) is 10.8 Å². The van der Waals surface area contributed by atoms with E-state index < -0.39 is 5.54 Å². The Morgan fingerprint density at radius 1 is 1.50 bits per heavy atom. The van der Waals surface area contributed by atoms with Gasteiger partial charge in [0, 0.05) is 24.5 Å². The standard InChI is InChI=1S/C10H19N3O/c1-10(11,8-14)4-2-3-6-13-7-5-12-9-13/h5,7,9,14H,2-4,6,8,11H2,1H3. The van der Waals surface area contributed by atoms with Crippen molar-refractivity contribution in [3.05, 3.63) is 18.7 Å².